The van der Waals surface area contributed by atoms with Gasteiger partial charge < -0.3 is 31.5 Å². The summed E-state index contributed by atoms with van der Waals surface area (Å²) in [6.07, 6.45) is -5.08. The van der Waals surface area contributed by atoms with Gasteiger partial charge in [0.25, 0.3) is 0 Å². The van der Waals surface area contributed by atoms with Crippen LogP contribution in [0.5, 0.6) is 5.75 Å². The van der Waals surface area contributed by atoms with Gasteiger partial charge >= 0.3 is 12.1 Å². The summed E-state index contributed by atoms with van der Waals surface area (Å²) in [5.74, 6) is -3.70. The first kappa shape index (κ1) is 37.1. The summed E-state index contributed by atoms with van der Waals surface area (Å²) < 4.78 is 62.8. The molecule has 0 aliphatic heterocycles. The molecule has 3 rings (SSSR count). The van der Waals surface area contributed by atoms with E-state index in [4.69, 9.17) is 20.4 Å². The van der Waals surface area contributed by atoms with Crippen LogP contribution in [0.3, 0.4) is 0 Å². The lowest BCUT2D eigenvalue weighted by Gasteiger charge is -2.21. The smallest absolute Gasteiger partial charge is 0.490 e. The number of carboxylic acids is 1. The molecule has 1 atom stereocenters. The molecule has 1 unspecified atom stereocenters. The number of sulfone groups is 1. The van der Waals surface area contributed by atoms with E-state index >= 15 is 0 Å². The van der Waals surface area contributed by atoms with Gasteiger partial charge in [-0.25, -0.2) is 13.2 Å². The third-order valence-electron chi connectivity index (χ3n) is 6.01. The van der Waals surface area contributed by atoms with Crippen LogP contribution in [0.15, 0.2) is 71.6 Å². The second kappa shape index (κ2) is 16.3. The van der Waals surface area contributed by atoms with Gasteiger partial charge in [0.1, 0.15) is 11.8 Å². The van der Waals surface area contributed by atoms with Crippen molar-refractivity contribution in [2.75, 3.05) is 23.0 Å². The molecule has 0 heterocycles. The third kappa shape index (κ3) is 11.1. The first-order valence-electron chi connectivity index (χ1n) is 13.6. The topological polar surface area (TPSA) is 194 Å². The van der Waals surface area contributed by atoms with E-state index in [2.05, 4.69) is 16.0 Å². The van der Waals surface area contributed by atoms with Crippen molar-refractivity contribution in [1.29, 1.82) is 0 Å². The van der Waals surface area contributed by atoms with Crippen molar-refractivity contribution in [2.24, 2.45) is 5.73 Å². The molecular weight excluding hydrogens is 633 g/mol. The Balaban J connectivity index is 0.000000942. The van der Waals surface area contributed by atoms with Gasteiger partial charge in [-0.2, -0.15) is 13.2 Å². The van der Waals surface area contributed by atoms with Gasteiger partial charge in [-0.15, -0.1) is 0 Å². The molecule has 0 fully saturated rings. The minimum Gasteiger partial charge on any atom is -0.494 e. The number of aliphatic carboxylic acids is 1. The van der Waals surface area contributed by atoms with Crippen LogP contribution in [0, 0.1) is 0 Å². The lowest BCUT2D eigenvalue weighted by Crippen LogP contribution is -2.33. The minimum absolute atomic E-state index is 0.0661. The predicted molar refractivity (Wildman–Crippen MR) is 163 cm³/mol. The number of amides is 3. The minimum atomic E-state index is -5.08. The largest absolute Gasteiger partial charge is 0.494 e. The van der Waals surface area contributed by atoms with Crippen LogP contribution >= 0.6 is 0 Å². The Kier molecular flexibility index (Phi) is 13.1. The lowest BCUT2D eigenvalue weighted by atomic mass is 10.0. The number of halogens is 3. The van der Waals surface area contributed by atoms with E-state index in [0.717, 1.165) is 0 Å². The quantitative estimate of drug-likeness (QED) is 0.190. The molecule has 16 heteroatoms. The van der Waals surface area contributed by atoms with Crippen LogP contribution in [0.25, 0.3) is 0 Å². The molecular formula is C30H33F3N4O8S. The number of nitrogens with one attached hydrogen (secondary N) is 3. The number of carboxylic acid groups (broad SMARTS) is 1. The summed E-state index contributed by atoms with van der Waals surface area (Å²) in [6.45, 7) is 5.05. The number of benzene rings is 3. The summed E-state index contributed by atoms with van der Waals surface area (Å²) in [4.78, 5) is 45.8. The van der Waals surface area contributed by atoms with Gasteiger partial charge in [-0.1, -0.05) is 25.1 Å². The number of rotatable bonds is 12. The number of primary amides is 1. The normalized spacial score (nSPS) is 11.7. The Morgan fingerprint density at radius 2 is 1.61 bits per heavy atom. The van der Waals surface area contributed by atoms with Gasteiger partial charge in [-0.3, -0.25) is 14.4 Å². The fourth-order valence-corrected chi connectivity index (χ4v) is 5.04. The standard InChI is InChI=1S/C28H32N4O6S.C2HF3O2/c1-4-38-24-11-7-8-19(16-24)26(32-22-10-6-9-20(14-22)27(29)34)28(35)30-17-21-15-23(31-18(3)33)12-13-25(21)39(36,37)5-2;3-2(4,5)1(6)7/h6-16,26,32H,4-5,17H2,1-3H3,(H2,29,34)(H,30,35)(H,31,33);(H,6,7). The van der Waals surface area contributed by atoms with Gasteiger partial charge in [0.2, 0.25) is 17.7 Å². The number of carbonyl (C=O) groups is 4. The predicted octanol–water partition coefficient (Wildman–Crippen LogP) is 4.04. The second-order valence-corrected chi connectivity index (χ2v) is 11.7. The van der Waals surface area contributed by atoms with E-state index in [9.17, 15) is 36.0 Å². The first-order valence-corrected chi connectivity index (χ1v) is 15.2. The molecule has 3 aromatic rings. The van der Waals surface area contributed by atoms with Crippen LogP contribution in [0.2, 0.25) is 0 Å². The molecule has 3 aromatic carbocycles. The van der Waals surface area contributed by atoms with Gasteiger partial charge in [0, 0.05) is 30.4 Å². The van der Waals surface area contributed by atoms with Crippen LogP contribution in [-0.4, -0.2) is 55.8 Å². The number of anilines is 2. The molecule has 0 radical (unpaired) electrons. The molecule has 0 aromatic heterocycles. The Labute approximate surface area is 263 Å². The first-order chi connectivity index (χ1) is 21.5. The van der Waals surface area contributed by atoms with Crippen molar-refractivity contribution >= 4 is 44.9 Å². The highest BCUT2D eigenvalue weighted by molar-refractivity contribution is 7.91. The molecule has 0 spiro atoms. The van der Waals surface area contributed by atoms with E-state index in [1.807, 2.05) is 6.92 Å². The zero-order valence-electron chi connectivity index (χ0n) is 25.0. The number of ether oxygens (including phenoxy) is 1. The van der Waals surface area contributed by atoms with E-state index in [1.165, 1.54) is 38.1 Å². The maximum absolute atomic E-state index is 13.6. The number of hydrogen-bond acceptors (Lipinski definition) is 8. The zero-order valence-corrected chi connectivity index (χ0v) is 25.8. The van der Waals surface area contributed by atoms with Gasteiger partial charge in [-0.05, 0) is 66.6 Å². The number of nitrogens with two attached hydrogens (primary N) is 1. The third-order valence-corrected chi connectivity index (χ3v) is 7.84. The van der Waals surface area contributed by atoms with Crippen molar-refractivity contribution in [3.05, 3.63) is 83.4 Å². The van der Waals surface area contributed by atoms with Crippen LogP contribution in [0.1, 0.15) is 48.3 Å². The van der Waals surface area contributed by atoms with E-state index in [0.29, 0.717) is 34.9 Å². The Hall–Kier alpha value is -5.12. The molecule has 0 bridgehead atoms. The monoisotopic (exact) mass is 666 g/mol. The SMILES string of the molecule is CCOc1cccc(C(Nc2cccc(C(N)=O)c2)C(=O)NCc2cc(NC(C)=O)ccc2S(=O)(=O)CC)c1.O=C(O)C(F)(F)F. The second-order valence-electron chi connectivity index (χ2n) is 9.46. The number of carbonyl (C=O) groups excluding carboxylic acids is 3. The molecule has 0 saturated carbocycles. The summed E-state index contributed by atoms with van der Waals surface area (Å²) >= 11 is 0. The summed E-state index contributed by atoms with van der Waals surface area (Å²) in [7, 11) is -3.61. The average Bonchev–Trinajstić information content (AvgIpc) is 2.98. The molecule has 46 heavy (non-hydrogen) atoms. The molecule has 248 valence electrons. The van der Waals surface area contributed by atoms with E-state index < -0.39 is 39.8 Å². The maximum Gasteiger partial charge on any atom is 0.490 e. The fraction of sp³-hybridized carbons (Fsp3) is 0.267. The highest BCUT2D eigenvalue weighted by atomic mass is 32.2. The average molecular weight is 667 g/mol. The van der Waals surface area contributed by atoms with E-state index in [1.54, 1.807) is 42.5 Å². The zero-order chi connectivity index (χ0) is 34.7. The van der Waals surface area contributed by atoms with E-state index in [-0.39, 0.29) is 28.7 Å². The number of hydrogen-bond donors (Lipinski definition) is 5. The van der Waals surface area contributed by atoms with Crippen molar-refractivity contribution in [3.8, 4) is 5.75 Å². The highest BCUT2D eigenvalue weighted by Gasteiger charge is 2.38. The van der Waals surface area contributed by atoms with Crippen LogP contribution < -0.4 is 26.4 Å². The highest BCUT2D eigenvalue weighted by Crippen LogP contribution is 2.26. The molecule has 12 nitrogen and oxygen atoms in total. The summed E-state index contributed by atoms with van der Waals surface area (Å²) in [6, 6.07) is 17.0. The Bertz CT molecular complexity index is 1680. The number of alkyl halides is 3. The van der Waals surface area contributed by atoms with Crippen molar-refractivity contribution in [2.45, 2.75) is 44.4 Å². The maximum atomic E-state index is 13.6. The Morgan fingerprint density at radius 1 is 0.957 bits per heavy atom. The van der Waals surface area contributed by atoms with Crippen molar-refractivity contribution < 1.29 is 50.6 Å². The van der Waals surface area contributed by atoms with Crippen molar-refractivity contribution in [3.63, 3.8) is 0 Å². The molecule has 0 aliphatic rings. The lowest BCUT2D eigenvalue weighted by molar-refractivity contribution is -0.192. The van der Waals surface area contributed by atoms with Crippen molar-refractivity contribution in [1.82, 2.24) is 5.32 Å². The summed E-state index contributed by atoms with van der Waals surface area (Å²) in [5.41, 5.74) is 7.48. The van der Waals surface area contributed by atoms with Gasteiger partial charge in [0.15, 0.2) is 9.84 Å². The molecule has 0 aliphatic carbocycles. The Morgan fingerprint density at radius 3 is 2.17 bits per heavy atom. The van der Waals surface area contributed by atoms with Gasteiger partial charge in [0.05, 0.1) is 17.3 Å². The molecule has 6 N–H and O–H groups in total. The van der Waals surface area contributed by atoms with Crippen LogP contribution in [-0.2, 0) is 30.8 Å². The van der Waals surface area contributed by atoms with Crippen LogP contribution in [0.4, 0.5) is 24.5 Å². The molecule has 0 saturated heterocycles. The summed E-state index contributed by atoms with van der Waals surface area (Å²) in [5, 5.41) is 15.7. The fourth-order valence-electron chi connectivity index (χ4n) is 3.92. The molecule has 3 amide bonds.